The highest BCUT2D eigenvalue weighted by Crippen LogP contribution is 2.08. The summed E-state index contributed by atoms with van der Waals surface area (Å²) in [5, 5.41) is 5.96. The lowest BCUT2D eigenvalue weighted by atomic mass is 10.3. The molecular weight excluding hydrogens is 170 g/mol. The van der Waals surface area contributed by atoms with Gasteiger partial charge in [0.05, 0.1) is 6.04 Å². The van der Waals surface area contributed by atoms with Crippen LogP contribution in [-0.2, 0) is 0 Å². The van der Waals surface area contributed by atoms with Crippen LogP contribution in [-0.4, -0.2) is 24.7 Å². The van der Waals surface area contributed by atoms with Crippen LogP contribution in [0.15, 0.2) is 23.5 Å². The highest BCUT2D eigenvalue weighted by molar-refractivity contribution is 4.96. The van der Waals surface area contributed by atoms with Crippen LogP contribution < -0.4 is 5.69 Å². The molecule has 1 unspecified atom stereocenters. The molecule has 13 heavy (non-hydrogen) atoms. The van der Waals surface area contributed by atoms with Crippen LogP contribution >= 0.6 is 0 Å². The van der Waals surface area contributed by atoms with Gasteiger partial charge in [0.15, 0.2) is 0 Å². The normalized spacial score (nSPS) is 13.0. The molecule has 2 N–H and O–H groups in total. The molecule has 2 rings (SSSR count). The van der Waals surface area contributed by atoms with Gasteiger partial charge in [-0.05, 0) is 6.92 Å². The van der Waals surface area contributed by atoms with Crippen molar-refractivity contribution in [3.8, 4) is 0 Å². The van der Waals surface area contributed by atoms with Gasteiger partial charge in [0, 0.05) is 12.4 Å². The second-order valence-corrected chi connectivity index (χ2v) is 2.72. The fourth-order valence-electron chi connectivity index (χ4n) is 1.17. The minimum Gasteiger partial charge on any atom is -0.347 e. The molecule has 0 aromatic carbocycles. The SMILES string of the molecule is CC(c1ncc[nH]1)n1cn[nH]c1=O. The molecule has 2 aromatic rings. The Balaban J connectivity index is 2.39. The zero-order valence-electron chi connectivity index (χ0n) is 7.06. The third kappa shape index (κ3) is 1.26. The van der Waals surface area contributed by atoms with E-state index in [-0.39, 0.29) is 11.7 Å². The standard InChI is InChI=1S/C7H9N5O/c1-5(6-8-2-3-9-6)12-4-10-11-7(12)13/h2-5H,1H3,(H,8,9)(H,11,13). The van der Waals surface area contributed by atoms with E-state index in [4.69, 9.17) is 0 Å². The Morgan fingerprint density at radius 3 is 3.00 bits per heavy atom. The Morgan fingerprint density at radius 1 is 1.62 bits per heavy atom. The van der Waals surface area contributed by atoms with Crippen LogP contribution in [0.25, 0.3) is 0 Å². The quantitative estimate of drug-likeness (QED) is 0.675. The van der Waals surface area contributed by atoms with Gasteiger partial charge < -0.3 is 4.98 Å². The van der Waals surface area contributed by atoms with E-state index in [0.29, 0.717) is 0 Å². The summed E-state index contributed by atoms with van der Waals surface area (Å²) in [6.45, 7) is 1.87. The number of nitrogens with zero attached hydrogens (tertiary/aromatic N) is 3. The van der Waals surface area contributed by atoms with Gasteiger partial charge in [0.2, 0.25) is 0 Å². The maximum Gasteiger partial charge on any atom is 0.343 e. The van der Waals surface area contributed by atoms with E-state index in [1.807, 2.05) is 6.92 Å². The predicted octanol–water partition coefficient (Wildman–Crippen LogP) is -0.0962. The first-order valence-corrected chi connectivity index (χ1v) is 3.90. The maximum atomic E-state index is 11.2. The van der Waals surface area contributed by atoms with E-state index < -0.39 is 0 Å². The summed E-state index contributed by atoms with van der Waals surface area (Å²) in [5.41, 5.74) is -0.232. The molecular formula is C7H9N5O. The first-order valence-electron chi connectivity index (χ1n) is 3.90. The van der Waals surface area contributed by atoms with Gasteiger partial charge in [-0.15, -0.1) is 0 Å². The van der Waals surface area contributed by atoms with Gasteiger partial charge in [-0.3, -0.25) is 4.57 Å². The zero-order chi connectivity index (χ0) is 9.26. The van der Waals surface area contributed by atoms with Crippen LogP contribution in [0.2, 0.25) is 0 Å². The average Bonchev–Trinajstić information content (AvgIpc) is 2.72. The molecule has 68 valence electrons. The highest BCUT2D eigenvalue weighted by atomic mass is 16.1. The van der Waals surface area contributed by atoms with E-state index in [2.05, 4.69) is 20.2 Å². The lowest BCUT2D eigenvalue weighted by molar-refractivity contribution is 0.586. The molecule has 0 saturated heterocycles. The van der Waals surface area contributed by atoms with Crippen molar-refractivity contribution in [3.63, 3.8) is 0 Å². The summed E-state index contributed by atoms with van der Waals surface area (Å²) in [6, 6.07) is -0.124. The van der Waals surface area contributed by atoms with Gasteiger partial charge in [-0.25, -0.2) is 14.9 Å². The molecule has 0 radical (unpaired) electrons. The van der Waals surface area contributed by atoms with Gasteiger partial charge >= 0.3 is 5.69 Å². The molecule has 2 heterocycles. The second-order valence-electron chi connectivity index (χ2n) is 2.72. The molecule has 0 spiro atoms. The van der Waals surface area contributed by atoms with Crippen molar-refractivity contribution in [2.24, 2.45) is 0 Å². The van der Waals surface area contributed by atoms with Crippen LogP contribution in [0, 0.1) is 0 Å². The van der Waals surface area contributed by atoms with E-state index in [1.165, 1.54) is 10.9 Å². The Labute approximate surface area is 73.6 Å². The Morgan fingerprint density at radius 2 is 2.46 bits per heavy atom. The van der Waals surface area contributed by atoms with Crippen molar-refractivity contribution in [3.05, 3.63) is 35.0 Å². The van der Waals surface area contributed by atoms with Crippen LogP contribution in [0.4, 0.5) is 0 Å². The summed E-state index contributed by atoms with van der Waals surface area (Å²) in [4.78, 5) is 18.2. The molecule has 6 heteroatoms. The fraction of sp³-hybridized carbons (Fsp3) is 0.286. The number of hydrogen-bond donors (Lipinski definition) is 2. The Hall–Kier alpha value is -1.85. The lowest BCUT2D eigenvalue weighted by Gasteiger charge is -2.06. The van der Waals surface area contributed by atoms with Gasteiger partial charge in [0.25, 0.3) is 0 Å². The summed E-state index contributed by atoms with van der Waals surface area (Å²) in [6.07, 6.45) is 4.82. The van der Waals surface area contributed by atoms with E-state index >= 15 is 0 Å². The number of imidazole rings is 1. The Bertz CT molecular complexity index is 426. The number of rotatable bonds is 2. The van der Waals surface area contributed by atoms with Gasteiger partial charge in [0.1, 0.15) is 12.2 Å². The van der Waals surface area contributed by atoms with E-state index in [0.717, 1.165) is 5.82 Å². The summed E-state index contributed by atoms with van der Waals surface area (Å²) in [5.74, 6) is 0.739. The summed E-state index contributed by atoms with van der Waals surface area (Å²) < 4.78 is 1.47. The molecule has 1 atom stereocenters. The van der Waals surface area contributed by atoms with Gasteiger partial charge in [-0.1, -0.05) is 0 Å². The maximum absolute atomic E-state index is 11.2. The number of hydrogen-bond acceptors (Lipinski definition) is 3. The van der Waals surface area contributed by atoms with Gasteiger partial charge in [-0.2, -0.15) is 5.10 Å². The van der Waals surface area contributed by atoms with Crippen molar-refractivity contribution in [1.29, 1.82) is 0 Å². The molecule has 6 nitrogen and oxygen atoms in total. The minimum absolute atomic E-state index is 0.124. The fourth-order valence-corrected chi connectivity index (χ4v) is 1.17. The number of aromatic amines is 2. The molecule has 0 bridgehead atoms. The minimum atomic E-state index is -0.232. The molecule has 0 amide bonds. The smallest absolute Gasteiger partial charge is 0.343 e. The highest BCUT2D eigenvalue weighted by Gasteiger charge is 2.11. The van der Waals surface area contributed by atoms with Crippen LogP contribution in [0.1, 0.15) is 18.8 Å². The third-order valence-corrected chi connectivity index (χ3v) is 1.91. The third-order valence-electron chi connectivity index (χ3n) is 1.91. The van der Waals surface area contributed by atoms with E-state index in [1.54, 1.807) is 12.4 Å². The topological polar surface area (TPSA) is 79.4 Å². The van der Waals surface area contributed by atoms with Crippen molar-refractivity contribution in [2.45, 2.75) is 13.0 Å². The molecule has 0 saturated carbocycles. The monoisotopic (exact) mass is 179 g/mol. The largest absolute Gasteiger partial charge is 0.347 e. The number of aromatic nitrogens is 5. The van der Waals surface area contributed by atoms with Crippen LogP contribution in [0.3, 0.4) is 0 Å². The van der Waals surface area contributed by atoms with E-state index in [9.17, 15) is 4.79 Å². The second kappa shape index (κ2) is 2.89. The summed E-state index contributed by atoms with van der Waals surface area (Å²) in [7, 11) is 0. The van der Waals surface area contributed by atoms with Crippen molar-refractivity contribution < 1.29 is 0 Å². The number of H-pyrrole nitrogens is 2. The zero-order valence-corrected chi connectivity index (χ0v) is 7.06. The molecule has 2 aromatic heterocycles. The Kier molecular flexibility index (Phi) is 1.73. The first-order chi connectivity index (χ1) is 6.29. The lowest BCUT2D eigenvalue weighted by Crippen LogP contribution is -2.21. The van der Waals surface area contributed by atoms with Crippen molar-refractivity contribution in [1.82, 2.24) is 24.7 Å². The average molecular weight is 179 g/mol. The predicted molar refractivity (Wildman–Crippen MR) is 45.2 cm³/mol. The first kappa shape index (κ1) is 7.78. The van der Waals surface area contributed by atoms with Crippen molar-refractivity contribution >= 4 is 0 Å². The van der Waals surface area contributed by atoms with Crippen molar-refractivity contribution in [2.75, 3.05) is 0 Å². The number of nitrogens with one attached hydrogen (secondary N) is 2. The molecule has 0 aliphatic rings. The van der Waals surface area contributed by atoms with Crippen LogP contribution in [0.5, 0.6) is 0 Å². The molecule has 0 aliphatic heterocycles. The summed E-state index contributed by atoms with van der Waals surface area (Å²) >= 11 is 0. The molecule has 0 fully saturated rings. The molecule has 0 aliphatic carbocycles.